The summed E-state index contributed by atoms with van der Waals surface area (Å²) in [5.41, 5.74) is 2.33. The molecule has 24 heavy (non-hydrogen) atoms. The number of amides is 2. The van der Waals surface area contributed by atoms with Gasteiger partial charge in [0.15, 0.2) is 0 Å². The maximum Gasteiger partial charge on any atom is 0.252 e. The first-order chi connectivity index (χ1) is 11.5. The second-order valence-electron chi connectivity index (χ2n) is 6.43. The van der Waals surface area contributed by atoms with Crippen LogP contribution in [0.15, 0.2) is 30.9 Å². The van der Waals surface area contributed by atoms with E-state index >= 15 is 0 Å². The molecule has 0 aliphatic carbocycles. The van der Waals surface area contributed by atoms with E-state index in [4.69, 9.17) is 5.26 Å². The lowest BCUT2D eigenvalue weighted by molar-refractivity contribution is -0.114. The van der Waals surface area contributed by atoms with E-state index in [2.05, 4.69) is 18.0 Å². The summed E-state index contributed by atoms with van der Waals surface area (Å²) in [5.74, 6) is -0.0521. The first-order valence-electron chi connectivity index (χ1n) is 8.23. The van der Waals surface area contributed by atoms with Crippen LogP contribution in [0.4, 0.5) is 5.69 Å². The van der Waals surface area contributed by atoms with E-state index in [1.165, 1.54) is 6.08 Å². The van der Waals surface area contributed by atoms with Crippen LogP contribution in [0.2, 0.25) is 0 Å². The molecule has 2 rings (SSSR count). The highest BCUT2D eigenvalue weighted by Gasteiger charge is 2.22. The molecule has 1 heterocycles. The van der Waals surface area contributed by atoms with Crippen molar-refractivity contribution in [1.82, 2.24) is 5.32 Å². The normalized spacial score (nSPS) is 14.5. The third-order valence-electron chi connectivity index (χ3n) is 4.07. The molecule has 126 valence electrons. The minimum absolute atomic E-state index is 0.130. The Hall–Kier alpha value is -2.61. The molecule has 0 fully saturated rings. The Kier molecular flexibility index (Phi) is 5.75. The van der Waals surface area contributed by atoms with Crippen molar-refractivity contribution >= 4 is 17.5 Å². The Bertz CT molecular complexity index is 688. The summed E-state index contributed by atoms with van der Waals surface area (Å²) in [6, 6.07) is 6.95. The Morgan fingerprint density at radius 2 is 2.21 bits per heavy atom. The Morgan fingerprint density at radius 3 is 2.83 bits per heavy atom. The van der Waals surface area contributed by atoms with Crippen LogP contribution >= 0.6 is 0 Å². The van der Waals surface area contributed by atoms with Gasteiger partial charge in [0.25, 0.3) is 5.91 Å². The Morgan fingerprint density at radius 1 is 1.46 bits per heavy atom. The van der Waals surface area contributed by atoms with Crippen molar-refractivity contribution in [2.45, 2.75) is 39.2 Å². The molecule has 0 bridgehead atoms. The fraction of sp³-hybridized carbons (Fsp3) is 0.421. The lowest BCUT2D eigenvalue weighted by Gasteiger charge is -2.29. The maximum absolute atomic E-state index is 12.4. The first-order valence-corrected chi connectivity index (χ1v) is 8.23. The summed E-state index contributed by atoms with van der Waals surface area (Å²) in [5, 5.41) is 11.9. The van der Waals surface area contributed by atoms with Crippen LogP contribution in [-0.2, 0) is 11.2 Å². The third kappa shape index (κ3) is 4.02. The number of rotatable bonds is 5. The third-order valence-corrected chi connectivity index (χ3v) is 4.07. The molecular weight excluding hydrogens is 302 g/mol. The number of aryl methyl sites for hydroxylation is 1. The zero-order valence-corrected chi connectivity index (χ0v) is 14.2. The molecule has 0 radical (unpaired) electrons. The summed E-state index contributed by atoms with van der Waals surface area (Å²) in [4.78, 5) is 26.0. The summed E-state index contributed by atoms with van der Waals surface area (Å²) in [6.45, 7) is 8.22. The number of fused-ring (bicyclic) bond motifs is 1. The SMILES string of the molecule is C=CC(=O)N1CCCc2cc(C(=O)NC(C#N)CC(C)C)ccc21. The van der Waals surface area contributed by atoms with Gasteiger partial charge in [0, 0.05) is 17.8 Å². The molecule has 1 aromatic rings. The molecule has 0 saturated carbocycles. The van der Waals surface area contributed by atoms with Gasteiger partial charge in [-0.3, -0.25) is 9.59 Å². The van der Waals surface area contributed by atoms with Crippen LogP contribution in [0.25, 0.3) is 0 Å². The van der Waals surface area contributed by atoms with Crippen LogP contribution < -0.4 is 10.2 Å². The highest BCUT2D eigenvalue weighted by atomic mass is 16.2. The molecule has 5 heteroatoms. The predicted molar refractivity (Wildman–Crippen MR) is 93.6 cm³/mol. The molecule has 2 amide bonds. The summed E-state index contributed by atoms with van der Waals surface area (Å²) in [6.07, 6.45) is 3.60. The van der Waals surface area contributed by atoms with E-state index in [9.17, 15) is 9.59 Å². The van der Waals surface area contributed by atoms with Crippen molar-refractivity contribution in [3.63, 3.8) is 0 Å². The van der Waals surface area contributed by atoms with Crippen LogP contribution in [0.5, 0.6) is 0 Å². The number of carbonyl (C=O) groups excluding carboxylic acids is 2. The molecule has 5 nitrogen and oxygen atoms in total. The molecule has 1 aliphatic heterocycles. The summed E-state index contributed by atoms with van der Waals surface area (Å²) < 4.78 is 0. The van der Waals surface area contributed by atoms with Crippen LogP contribution in [0, 0.1) is 17.2 Å². The van der Waals surface area contributed by atoms with Gasteiger partial charge in [0.2, 0.25) is 5.91 Å². The number of carbonyl (C=O) groups is 2. The standard InChI is InChI=1S/C19H23N3O2/c1-4-18(23)22-9-5-6-14-11-15(7-8-17(14)22)19(24)21-16(12-20)10-13(2)3/h4,7-8,11,13,16H,1,5-6,9-10H2,2-3H3,(H,21,24). The molecule has 0 saturated heterocycles. The molecular formula is C19H23N3O2. The Balaban J connectivity index is 2.19. The Labute approximate surface area is 143 Å². The number of nitriles is 1. The van der Waals surface area contributed by atoms with Crippen LogP contribution in [0.1, 0.15) is 42.6 Å². The molecule has 1 atom stereocenters. The number of hydrogen-bond acceptors (Lipinski definition) is 3. The lowest BCUT2D eigenvalue weighted by atomic mass is 9.98. The number of anilines is 1. The quantitative estimate of drug-likeness (QED) is 0.846. The van der Waals surface area contributed by atoms with E-state index in [0.29, 0.717) is 24.4 Å². The molecule has 1 aliphatic rings. The topological polar surface area (TPSA) is 73.2 Å². The fourth-order valence-corrected chi connectivity index (χ4v) is 2.93. The van der Waals surface area contributed by atoms with Crippen molar-refractivity contribution in [2.24, 2.45) is 5.92 Å². The van der Waals surface area contributed by atoms with Crippen molar-refractivity contribution < 1.29 is 9.59 Å². The smallest absolute Gasteiger partial charge is 0.252 e. The van der Waals surface area contributed by atoms with Crippen molar-refractivity contribution in [3.8, 4) is 6.07 Å². The average molecular weight is 325 g/mol. The molecule has 1 aromatic carbocycles. The van der Waals surface area contributed by atoms with E-state index in [1.54, 1.807) is 17.0 Å². The minimum Gasteiger partial charge on any atom is -0.336 e. The lowest BCUT2D eigenvalue weighted by Crippen LogP contribution is -2.36. The maximum atomic E-state index is 12.4. The summed E-state index contributed by atoms with van der Waals surface area (Å²) in [7, 11) is 0. The second kappa shape index (κ2) is 7.78. The van der Waals surface area contributed by atoms with Crippen LogP contribution in [-0.4, -0.2) is 24.4 Å². The van der Waals surface area contributed by atoms with E-state index < -0.39 is 6.04 Å². The number of benzene rings is 1. The van der Waals surface area contributed by atoms with E-state index in [-0.39, 0.29) is 11.8 Å². The predicted octanol–water partition coefficient (Wildman–Crippen LogP) is 2.82. The average Bonchev–Trinajstić information content (AvgIpc) is 2.58. The van der Waals surface area contributed by atoms with Gasteiger partial charge >= 0.3 is 0 Å². The molecule has 0 spiro atoms. The van der Waals surface area contributed by atoms with Gasteiger partial charge in [-0.1, -0.05) is 20.4 Å². The van der Waals surface area contributed by atoms with Gasteiger partial charge in [-0.25, -0.2) is 0 Å². The zero-order valence-electron chi connectivity index (χ0n) is 14.2. The molecule has 1 unspecified atom stereocenters. The molecule has 0 aromatic heterocycles. The van der Waals surface area contributed by atoms with Gasteiger partial charge in [-0.05, 0) is 55.0 Å². The number of nitrogens with zero attached hydrogens (tertiary/aromatic N) is 2. The van der Waals surface area contributed by atoms with Gasteiger partial charge < -0.3 is 10.2 Å². The zero-order chi connectivity index (χ0) is 17.7. The van der Waals surface area contributed by atoms with E-state index in [0.717, 1.165) is 24.1 Å². The first kappa shape index (κ1) is 17.7. The fourth-order valence-electron chi connectivity index (χ4n) is 2.93. The van der Waals surface area contributed by atoms with Gasteiger partial charge in [-0.2, -0.15) is 5.26 Å². The van der Waals surface area contributed by atoms with Gasteiger partial charge in [-0.15, -0.1) is 0 Å². The number of hydrogen-bond donors (Lipinski definition) is 1. The largest absolute Gasteiger partial charge is 0.336 e. The van der Waals surface area contributed by atoms with Crippen LogP contribution in [0.3, 0.4) is 0 Å². The van der Waals surface area contributed by atoms with Crippen molar-refractivity contribution in [2.75, 3.05) is 11.4 Å². The molecule has 1 N–H and O–H groups in total. The number of nitrogens with one attached hydrogen (secondary N) is 1. The monoisotopic (exact) mass is 325 g/mol. The minimum atomic E-state index is -0.493. The summed E-state index contributed by atoms with van der Waals surface area (Å²) >= 11 is 0. The van der Waals surface area contributed by atoms with Crippen molar-refractivity contribution in [3.05, 3.63) is 42.0 Å². The highest BCUT2D eigenvalue weighted by molar-refractivity contribution is 6.02. The second-order valence-corrected chi connectivity index (χ2v) is 6.43. The van der Waals surface area contributed by atoms with Gasteiger partial charge in [0.1, 0.15) is 6.04 Å². The van der Waals surface area contributed by atoms with Gasteiger partial charge in [0.05, 0.1) is 6.07 Å². The highest BCUT2D eigenvalue weighted by Crippen LogP contribution is 2.28. The van der Waals surface area contributed by atoms with Crippen molar-refractivity contribution in [1.29, 1.82) is 5.26 Å². The van der Waals surface area contributed by atoms with E-state index in [1.807, 2.05) is 19.9 Å².